The van der Waals surface area contributed by atoms with E-state index < -0.39 is 30.1 Å². The van der Waals surface area contributed by atoms with Crippen molar-refractivity contribution in [1.29, 1.82) is 0 Å². The molecule has 1 saturated carbocycles. The largest absolute Gasteiger partial charge is 0.461 e. The monoisotopic (exact) mass is 479 g/mol. The van der Waals surface area contributed by atoms with Gasteiger partial charge in [-0.3, -0.25) is 4.84 Å². The fourth-order valence-electron chi connectivity index (χ4n) is 3.69. The molecule has 180 valence electrons. The van der Waals surface area contributed by atoms with Gasteiger partial charge in [0.15, 0.2) is 0 Å². The molecule has 1 aliphatic carbocycles. The van der Waals surface area contributed by atoms with Crippen LogP contribution >= 0.6 is 0 Å². The standard InChI is InChI=1S/C22H21F4N5O3/c1-12(14-5-3-6-15(11-14)33-22(25,26)20(23)24)19(34-27)18-16(13-9-10-13)7-4-8-17(18)31-21(32)30(2)28-29-31/h3-8,11,13,19-20H,1,9-10,27H2,2H3. The highest BCUT2D eigenvalue weighted by atomic mass is 19.3. The molecule has 8 nitrogen and oxygen atoms in total. The second kappa shape index (κ2) is 9.03. The minimum atomic E-state index is -4.66. The zero-order chi connectivity index (χ0) is 24.6. The maximum atomic E-state index is 13.4. The van der Waals surface area contributed by atoms with Gasteiger partial charge in [0.2, 0.25) is 0 Å². The number of nitrogens with zero attached hydrogens (tertiary/aromatic N) is 4. The number of hydrogen-bond donors (Lipinski definition) is 1. The van der Waals surface area contributed by atoms with E-state index in [0.717, 1.165) is 39.9 Å². The van der Waals surface area contributed by atoms with E-state index in [4.69, 9.17) is 10.7 Å². The quantitative estimate of drug-likeness (QED) is 0.371. The molecule has 1 aromatic heterocycles. The van der Waals surface area contributed by atoms with Gasteiger partial charge in [-0.15, -0.1) is 0 Å². The van der Waals surface area contributed by atoms with Crippen molar-refractivity contribution in [2.45, 2.75) is 37.4 Å². The molecule has 2 aromatic carbocycles. The van der Waals surface area contributed by atoms with Crippen LogP contribution in [0.25, 0.3) is 11.3 Å². The van der Waals surface area contributed by atoms with Gasteiger partial charge in [0.1, 0.15) is 11.9 Å². The van der Waals surface area contributed by atoms with Gasteiger partial charge in [0.05, 0.1) is 5.69 Å². The zero-order valence-corrected chi connectivity index (χ0v) is 18.0. The molecule has 1 heterocycles. The Morgan fingerprint density at radius 1 is 1.21 bits per heavy atom. The second-order valence-electron chi connectivity index (χ2n) is 7.88. The van der Waals surface area contributed by atoms with Crippen molar-refractivity contribution in [3.63, 3.8) is 0 Å². The molecule has 12 heteroatoms. The van der Waals surface area contributed by atoms with Crippen molar-refractivity contribution in [1.82, 2.24) is 19.8 Å². The van der Waals surface area contributed by atoms with Crippen LogP contribution in [0.3, 0.4) is 0 Å². The van der Waals surface area contributed by atoms with Crippen LogP contribution in [0.4, 0.5) is 17.6 Å². The Kier molecular flexibility index (Phi) is 6.28. The first kappa shape index (κ1) is 23.6. The molecule has 0 saturated heterocycles. The number of hydrogen-bond acceptors (Lipinski definition) is 6. The lowest BCUT2D eigenvalue weighted by atomic mass is 9.90. The molecule has 34 heavy (non-hydrogen) atoms. The van der Waals surface area contributed by atoms with Gasteiger partial charge in [-0.1, -0.05) is 30.8 Å². The lowest BCUT2D eigenvalue weighted by Gasteiger charge is -2.24. The highest BCUT2D eigenvalue weighted by Crippen LogP contribution is 2.47. The molecule has 4 rings (SSSR count). The van der Waals surface area contributed by atoms with Crippen LogP contribution in [0.2, 0.25) is 0 Å². The minimum absolute atomic E-state index is 0.201. The molecule has 1 unspecified atom stereocenters. The average Bonchev–Trinajstić information content (AvgIpc) is 3.59. The van der Waals surface area contributed by atoms with Gasteiger partial charge in [-0.05, 0) is 64.1 Å². The number of halogens is 4. The van der Waals surface area contributed by atoms with E-state index in [1.54, 1.807) is 12.1 Å². The number of tetrazole rings is 1. The Bertz CT molecular complexity index is 1270. The fraction of sp³-hybridized carbons (Fsp3) is 0.318. The lowest BCUT2D eigenvalue weighted by molar-refractivity contribution is -0.253. The van der Waals surface area contributed by atoms with E-state index in [1.165, 1.54) is 19.2 Å². The van der Waals surface area contributed by atoms with Crippen molar-refractivity contribution >= 4 is 5.57 Å². The summed E-state index contributed by atoms with van der Waals surface area (Å²) in [4.78, 5) is 17.8. The van der Waals surface area contributed by atoms with Gasteiger partial charge in [0, 0.05) is 12.6 Å². The summed E-state index contributed by atoms with van der Waals surface area (Å²) in [5, 5.41) is 7.65. The average molecular weight is 479 g/mol. The summed E-state index contributed by atoms with van der Waals surface area (Å²) in [6, 6.07) is 10.4. The van der Waals surface area contributed by atoms with E-state index >= 15 is 0 Å². The second-order valence-corrected chi connectivity index (χ2v) is 7.88. The molecule has 2 N–H and O–H groups in total. The number of nitrogens with two attached hydrogens (primary N) is 1. The van der Waals surface area contributed by atoms with Gasteiger partial charge in [-0.2, -0.15) is 26.9 Å². The van der Waals surface area contributed by atoms with Crippen molar-refractivity contribution in [2.24, 2.45) is 12.9 Å². The number of benzene rings is 2. The third-order valence-corrected chi connectivity index (χ3v) is 5.51. The Morgan fingerprint density at radius 2 is 1.91 bits per heavy atom. The number of rotatable bonds is 9. The zero-order valence-electron chi connectivity index (χ0n) is 18.0. The summed E-state index contributed by atoms with van der Waals surface area (Å²) in [7, 11) is 1.45. The summed E-state index contributed by atoms with van der Waals surface area (Å²) in [6.45, 7) is 4.00. The maximum absolute atomic E-state index is 13.4. The first-order valence-electron chi connectivity index (χ1n) is 10.3. The van der Waals surface area contributed by atoms with Gasteiger partial charge in [-0.25, -0.2) is 10.7 Å². The summed E-state index contributed by atoms with van der Waals surface area (Å²) in [5.74, 6) is 5.38. The Hall–Kier alpha value is -3.51. The van der Waals surface area contributed by atoms with Crippen molar-refractivity contribution in [3.8, 4) is 11.4 Å². The van der Waals surface area contributed by atoms with Gasteiger partial charge in [0.25, 0.3) is 0 Å². The van der Waals surface area contributed by atoms with Crippen LogP contribution in [0.1, 0.15) is 41.6 Å². The van der Waals surface area contributed by atoms with Crippen LogP contribution in [-0.4, -0.2) is 32.3 Å². The number of alkyl halides is 4. The first-order chi connectivity index (χ1) is 16.1. The SMILES string of the molecule is C=C(c1cccc(OC(F)(F)C(F)F)c1)C(ON)c1c(C2CC2)cccc1-n1nnn(C)c1=O. The number of aromatic nitrogens is 4. The number of aryl methyl sites for hydroxylation is 1. The predicted octanol–water partition coefficient (Wildman–Crippen LogP) is 3.72. The third-order valence-electron chi connectivity index (χ3n) is 5.51. The Labute approximate surface area is 191 Å². The molecular weight excluding hydrogens is 458 g/mol. The van der Waals surface area contributed by atoms with E-state index in [-0.39, 0.29) is 17.1 Å². The van der Waals surface area contributed by atoms with Crippen LogP contribution in [0.5, 0.6) is 5.75 Å². The van der Waals surface area contributed by atoms with Crippen LogP contribution in [-0.2, 0) is 11.9 Å². The van der Waals surface area contributed by atoms with Crippen LogP contribution in [0.15, 0.2) is 53.8 Å². The van der Waals surface area contributed by atoms with Gasteiger partial charge < -0.3 is 4.74 Å². The van der Waals surface area contributed by atoms with Gasteiger partial charge >= 0.3 is 18.2 Å². The fourth-order valence-corrected chi connectivity index (χ4v) is 3.69. The summed E-state index contributed by atoms with van der Waals surface area (Å²) >= 11 is 0. The maximum Gasteiger partial charge on any atom is 0.461 e. The molecule has 0 amide bonds. The van der Waals surface area contributed by atoms with Crippen molar-refractivity contribution in [3.05, 3.63) is 76.2 Å². The first-order valence-corrected chi connectivity index (χ1v) is 10.3. The highest BCUT2D eigenvalue weighted by molar-refractivity contribution is 5.72. The molecule has 1 aliphatic rings. The van der Waals surface area contributed by atoms with Crippen LogP contribution < -0.4 is 16.3 Å². The predicted molar refractivity (Wildman–Crippen MR) is 114 cm³/mol. The molecule has 0 aliphatic heterocycles. The third kappa shape index (κ3) is 4.46. The van der Waals surface area contributed by atoms with E-state index in [1.807, 2.05) is 6.07 Å². The van der Waals surface area contributed by atoms with E-state index in [2.05, 4.69) is 21.7 Å². The molecule has 1 atom stereocenters. The molecule has 0 radical (unpaired) electrons. The highest BCUT2D eigenvalue weighted by Gasteiger charge is 2.44. The molecule has 0 bridgehead atoms. The summed E-state index contributed by atoms with van der Waals surface area (Å²) in [5.41, 5.74) is 1.75. The van der Waals surface area contributed by atoms with E-state index in [0.29, 0.717) is 11.3 Å². The Balaban J connectivity index is 1.78. The molecule has 1 fully saturated rings. The van der Waals surface area contributed by atoms with Crippen molar-refractivity contribution < 1.29 is 27.1 Å². The molecule has 3 aromatic rings. The normalized spacial score (nSPS) is 14.9. The van der Waals surface area contributed by atoms with Crippen LogP contribution in [0, 0.1) is 0 Å². The molecule has 0 spiro atoms. The Morgan fingerprint density at radius 3 is 2.50 bits per heavy atom. The molecular formula is C22H21F4N5O3. The van der Waals surface area contributed by atoms with Crippen molar-refractivity contribution in [2.75, 3.05) is 0 Å². The summed E-state index contributed by atoms with van der Waals surface area (Å²) < 4.78 is 58.3. The minimum Gasteiger partial charge on any atom is -0.428 e. The van der Waals surface area contributed by atoms with E-state index in [9.17, 15) is 22.4 Å². The topological polar surface area (TPSA) is 97.2 Å². The number of ether oxygens (including phenoxy) is 1. The summed E-state index contributed by atoms with van der Waals surface area (Å²) in [6.07, 6.45) is -7.85. The smallest absolute Gasteiger partial charge is 0.428 e. The lowest BCUT2D eigenvalue weighted by Crippen LogP contribution is -2.33.